The van der Waals surface area contributed by atoms with Crippen LogP contribution in [0.1, 0.15) is 5.56 Å². The smallest absolute Gasteiger partial charge is 0.507 e. The van der Waals surface area contributed by atoms with Gasteiger partial charge in [0, 0.05) is 18.1 Å². The summed E-state index contributed by atoms with van der Waals surface area (Å²) in [7, 11) is 1.72. The van der Waals surface area contributed by atoms with E-state index in [1.54, 1.807) is 23.7 Å². The van der Waals surface area contributed by atoms with Gasteiger partial charge in [-0.15, -0.1) is 11.8 Å². The van der Waals surface area contributed by atoms with Gasteiger partial charge in [0.15, 0.2) is 0 Å². The normalized spacial score (nSPS) is 16.4. The largest absolute Gasteiger partial charge is 1.00 e. The Morgan fingerprint density at radius 3 is 2.63 bits per heavy atom. The van der Waals surface area contributed by atoms with Crippen LogP contribution in [-0.2, 0) is 4.79 Å². The number of thiol groups is 1. The van der Waals surface area contributed by atoms with E-state index in [-0.39, 0.29) is 93.9 Å². The molecule has 148 valence electrons. The van der Waals surface area contributed by atoms with Crippen molar-refractivity contribution in [2.75, 3.05) is 37.6 Å². The van der Waals surface area contributed by atoms with Crippen molar-refractivity contribution < 1.29 is 88.3 Å². The molecule has 1 aliphatic heterocycles. The van der Waals surface area contributed by atoms with Gasteiger partial charge >= 0.3 is 74.9 Å². The van der Waals surface area contributed by atoms with Crippen LogP contribution in [-0.4, -0.2) is 75.8 Å². The summed E-state index contributed by atoms with van der Waals surface area (Å²) in [6.07, 6.45) is 4.08. The van der Waals surface area contributed by atoms with Gasteiger partial charge < -0.3 is 17.6 Å². The molecule has 1 aromatic rings. The molecular formula is C17H26CsFN2O3S3. The number of hydrogen-bond acceptors (Lipinski definition) is 7. The Bertz CT molecular complexity index is 623. The predicted octanol–water partition coefficient (Wildman–Crippen LogP) is 0.142. The Balaban J connectivity index is 0. The van der Waals surface area contributed by atoms with E-state index in [0.717, 1.165) is 0 Å². The van der Waals surface area contributed by atoms with E-state index in [0.29, 0.717) is 22.9 Å². The number of aliphatic imine (C=N–C) groups is 1. The van der Waals surface area contributed by atoms with Crippen LogP contribution in [0.15, 0.2) is 23.2 Å². The minimum absolute atomic E-state index is 0. The van der Waals surface area contributed by atoms with Gasteiger partial charge in [-0.3, -0.25) is 14.7 Å². The second-order valence-corrected chi connectivity index (χ2v) is 7.64. The molecule has 0 spiro atoms. The number of phenols is 1. The molecule has 2 rings (SSSR count). The zero-order chi connectivity index (χ0) is 19.0. The van der Waals surface area contributed by atoms with E-state index in [9.17, 15) is 14.3 Å². The molecule has 0 aromatic heterocycles. The molecule has 1 unspecified atom stereocenters. The summed E-state index contributed by atoms with van der Waals surface area (Å²) < 4.78 is 13.3. The number of rotatable bonds is 6. The molecule has 5 nitrogen and oxygen atoms in total. The molecule has 1 heterocycles. The number of carboxylic acid groups (broad SMARTS) is 1. The topological polar surface area (TPSA) is 73.1 Å². The van der Waals surface area contributed by atoms with Gasteiger partial charge in [-0.25, -0.2) is 4.39 Å². The Labute approximate surface area is 234 Å². The molecule has 2 N–H and O–H groups in total. The van der Waals surface area contributed by atoms with E-state index in [1.807, 2.05) is 12.5 Å². The van der Waals surface area contributed by atoms with Crippen molar-refractivity contribution in [1.29, 1.82) is 0 Å². The molecule has 0 saturated heterocycles. The van der Waals surface area contributed by atoms with E-state index in [1.165, 1.54) is 30.0 Å². The van der Waals surface area contributed by atoms with Crippen molar-refractivity contribution in [1.82, 2.24) is 4.90 Å². The molecular weight excluding hydrogens is 528 g/mol. The fourth-order valence-corrected chi connectivity index (χ4v) is 3.71. The number of phenolic OH excluding ortho intramolecular Hbond substituents is 1. The summed E-state index contributed by atoms with van der Waals surface area (Å²) in [5.74, 6) is -0.491. The van der Waals surface area contributed by atoms with Crippen molar-refractivity contribution in [3.05, 3.63) is 37.0 Å². The number of nitrogens with zero attached hydrogens (tertiary/aromatic N) is 2. The number of likely N-dealkylation sites (N-methyl/N-ethyl adjacent to an activating group) is 1. The second-order valence-electron chi connectivity index (χ2n) is 5.44. The Morgan fingerprint density at radius 2 is 2.11 bits per heavy atom. The fraction of sp³-hybridized carbons (Fsp3) is 0.471. The van der Waals surface area contributed by atoms with Crippen LogP contribution < -0.4 is 68.9 Å². The van der Waals surface area contributed by atoms with E-state index in [2.05, 4.69) is 17.6 Å². The number of hydrogen-bond donors (Lipinski definition) is 3. The number of aliphatic carboxylic acids is 1. The minimum atomic E-state index is -0.921. The SMILES string of the molecule is CN(CC1CSC(c2cc(F)ccc2O)=N1)[C@H](CS)C(=O)O.CSC.[CH3-].[Cs+]. The molecule has 0 saturated carbocycles. The monoisotopic (exact) mass is 554 g/mol. The Kier molecular flexibility index (Phi) is 17.9. The zero-order valence-corrected chi connectivity index (χ0v) is 25.2. The van der Waals surface area contributed by atoms with Crippen LogP contribution in [0.25, 0.3) is 0 Å². The van der Waals surface area contributed by atoms with Crippen LogP contribution in [0.2, 0.25) is 0 Å². The maximum Gasteiger partial charge on any atom is 1.00 e. The van der Waals surface area contributed by atoms with Crippen molar-refractivity contribution in [3.63, 3.8) is 0 Å². The molecule has 0 radical (unpaired) electrons. The second kappa shape index (κ2) is 15.9. The number of benzene rings is 1. The number of carboxylic acids is 1. The third kappa shape index (κ3) is 10.1. The summed E-state index contributed by atoms with van der Waals surface area (Å²) in [5.41, 5.74) is 0.374. The molecule has 0 amide bonds. The van der Waals surface area contributed by atoms with Crippen LogP contribution in [0, 0.1) is 13.2 Å². The Morgan fingerprint density at radius 1 is 1.52 bits per heavy atom. The van der Waals surface area contributed by atoms with Gasteiger partial charge in [-0.2, -0.15) is 24.4 Å². The average Bonchev–Trinajstić information content (AvgIpc) is 2.99. The standard InChI is InChI=1S/C14H17FN2O3S2.C2H6S.CH3.Cs/c1-17(11(6-21)14(19)20)5-9-7-22-13(16-9)10-4-8(15)2-3-12(10)18;1-3-2;;/h2-4,9,11,18,21H,5-7H2,1H3,(H,19,20);1-2H3;1H3;/q;;-1;+1/t9?,11-;;;/m1.../s1. The molecule has 1 aliphatic rings. The van der Waals surface area contributed by atoms with Crippen LogP contribution in [0.4, 0.5) is 4.39 Å². The maximum absolute atomic E-state index is 13.3. The van der Waals surface area contributed by atoms with E-state index < -0.39 is 17.8 Å². The molecule has 2 atom stereocenters. The van der Waals surface area contributed by atoms with E-state index >= 15 is 0 Å². The minimum Gasteiger partial charge on any atom is -0.507 e. The molecule has 0 bridgehead atoms. The fourth-order valence-electron chi connectivity index (χ4n) is 2.20. The summed E-state index contributed by atoms with van der Waals surface area (Å²) in [6.45, 7) is 0.462. The van der Waals surface area contributed by atoms with Crippen molar-refractivity contribution in [2.24, 2.45) is 4.99 Å². The predicted molar refractivity (Wildman–Crippen MR) is 115 cm³/mol. The number of halogens is 1. The van der Waals surface area contributed by atoms with Crippen molar-refractivity contribution >= 4 is 47.2 Å². The first kappa shape index (κ1) is 30.3. The number of aromatic hydroxyl groups is 1. The van der Waals surface area contributed by atoms with Crippen LogP contribution >= 0.6 is 36.2 Å². The van der Waals surface area contributed by atoms with Gasteiger partial charge in [0.2, 0.25) is 0 Å². The first-order chi connectivity index (χ1) is 11.8. The Hall–Kier alpha value is 1.15. The molecule has 0 aliphatic carbocycles. The van der Waals surface area contributed by atoms with Gasteiger partial charge in [-0.05, 0) is 37.8 Å². The average molecular weight is 555 g/mol. The first-order valence-electron chi connectivity index (χ1n) is 7.47. The third-order valence-corrected chi connectivity index (χ3v) is 4.89. The van der Waals surface area contributed by atoms with Gasteiger partial charge in [-0.1, -0.05) is 0 Å². The van der Waals surface area contributed by atoms with Gasteiger partial charge in [0.05, 0.1) is 11.6 Å². The van der Waals surface area contributed by atoms with Gasteiger partial charge in [0.1, 0.15) is 22.7 Å². The summed E-state index contributed by atoms with van der Waals surface area (Å²) in [5, 5.41) is 19.5. The molecule has 0 fully saturated rings. The summed E-state index contributed by atoms with van der Waals surface area (Å²) in [6, 6.07) is 2.97. The summed E-state index contributed by atoms with van der Waals surface area (Å²) in [4.78, 5) is 17.3. The molecule has 1 aromatic carbocycles. The first-order valence-corrected chi connectivity index (χ1v) is 10.7. The van der Waals surface area contributed by atoms with Crippen molar-refractivity contribution in [2.45, 2.75) is 12.1 Å². The summed E-state index contributed by atoms with van der Waals surface area (Å²) >= 11 is 7.23. The quantitative estimate of drug-likeness (QED) is 0.344. The van der Waals surface area contributed by atoms with Gasteiger partial charge in [0.25, 0.3) is 0 Å². The molecule has 10 heteroatoms. The number of thioether (sulfide) groups is 2. The maximum atomic E-state index is 13.3. The van der Waals surface area contributed by atoms with Crippen LogP contribution in [0.3, 0.4) is 0 Å². The zero-order valence-electron chi connectivity index (χ0n) is 16.3. The third-order valence-electron chi connectivity index (χ3n) is 3.39. The van der Waals surface area contributed by atoms with E-state index in [4.69, 9.17) is 5.11 Å². The van der Waals surface area contributed by atoms with Crippen LogP contribution in [0.5, 0.6) is 5.75 Å². The van der Waals surface area contributed by atoms with Crippen molar-refractivity contribution in [3.8, 4) is 5.75 Å². The number of carbonyl (C=O) groups is 1. The molecule has 27 heavy (non-hydrogen) atoms.